The highest BCUT2D eigenvalue weighted by molar-refractivity contribution is 7.13. The Morgan fingerprint density at radius 2 is 2.00 bits per heavy atom. The number of thiazole rings is 1. The van der Waals surface area contributed by atoms with Gasteiger partial charge in [-0.05, 0) is 26.0 Å². The first-order chi connectivity index (χ1) is 11.9. The van der Waals surface area contributed by atoms with Crippen molar-refractivity contribution in [3.8, 4) is 5.82 Å². The van der Waals surface area contributed by atoms with Crippen LogP contribution < -0.4 is 5.32 Å². The van der Waals surface area contributed by atoms with Crippen LogP contribution in [0.5, 0.6) is 0 Å². The summed E-state index contributed by atoms with van der Waals surface area (Å²) in [7, 11) is 1.76. The zero-order valence-electron chi connectivity index (χ0n) is 13.9. The molecule has 3 heterocycles. The Morgan fingerprint density at radius 1 is 1.32 bits per heavy atom. The van der Waals surface area contributed by atoms with E-state index in [1.54, 1.807) is 25.6 Å². The number of hydrogen-bond acceptors (Lipinski definition) is 5. The summed E-state index contributed by atoms with van der Waals surface area (Å²) in [6.07, 6.45) is 5.17. The van der Waals surface area contributed by atoms with Crippen LogP contribution in [-0.4, -0.2) is 36.3 Å². The lowest BCUT2D eigenvalue weighted by Gasteiger charge is -2.12. The summed E-state index contributed by atoms with van der Waals surface area (Å²) in [6, 6.07) is 3.31. The summed E-state index contributed by atoms with van der Waals surface area (Å²) >= 11 is 1.07. The number of carboxylic acids is 1. The van der Waals surface area contributed by atoms with Crippen molar-refractivity contribution in [2.24, 2.45) is 7.05 Å². The lowest BCUT2D eigenvalue weighted by atomic mass is 10.2. The van der Waals surface area contributed by atoms with Gasteiger partial charge in [-0.15, -0.1) is 11.3 Å². The summed E-state index contributed by atoms with van der Waals surface area (Å²) in [6.45, 7) is 3.41. The number of rotatable bonds is 5. The van der Waals surface area contributed by atoms with Gasteiger partial charge < -0.3 is 15.0 Å². The van der Waals surface area contributed by atoms with Crippen LogP contribution in [0.3, 0.4) is 0 Å². The van der Waals surface area contributed by atoms with Crippen LogP contribution in [0.25, 0.3) is 5.82 Å². The van der Waals surface area contributed by atoms with Gasteiger partial charge in [-0.25, -0.2) is 9.78 Å². The molecule has 0 aliphatic carbocycles. The van der Waals surface area contributed by atoms with Crippen molar-refractivity contribution in [3.63, 3.8) is 0 Å². The van der Waals surface area contributed by atoms with E-state index in [1.165, 1.54) is 6.20 Å². The van der Waals surface area contributed by atoms with Crippen LogP contribution in [0.4, 0.5) is 0 Å². The molecule has 0 aliphatic rings. The third-order valence-electron chi connectivity index (χ3n) is 3.73. The fourth-order valence-electron chi connectivity index (χ4n) is 2.51. The minimum absolute atomic E-state index is 0.186. The van der Waals surface area contributed by atoms with Crippen LogP contribution in [0.1, 0.15) is 43.7 Å². The molecule has 3 rings (SSSR count). The molecule has 0 saturated carbocycles. The predicted octanol–water partition coefficient (Wildman–Crippen LogP) is 2.16. The highest BCUT2D eigenvalue weighted by Gasteiger charge is 2.22. The van der Waals surface area contributed by atoms with Gasteiger partial charge in [0.2, 0.25) is 0 Å². The number of carboxylic acid groups (broad SMARTS) is 1. The standard InChI is InChI=1S/C16H17N5O3S/c1-9-12(16(23)24)25-14(19-9)10(2)18-13(22)11-8-17-20(3)15(11)21-6-4-5-7-21/h4-8,10H,1-3H3,(H,18,22)(H,23,24). The number of amides is 1. The largest absolute Gasteiger partial charge is 0.477 e. The molecule has 0 spiro atoms. The van der Waals surface area contributed by atoms with Gasteiger partial charge in [-0.3, -0.25) is 9.48 Å². The fraction of sp³-hybridized carbons (Fsp3) is 0.250. The average molecular weight is 359 g/mol. The summed E-state index contributed by atoms with van der Waals surface area (Å²) in [4.78, 5) is 28.3. The van der Waals surface area contributed by atoms with Gasteiger partial charge >= 0.3 is 5.97 Å². The second-order valence-corrected chi connectivity index (χ2v) is 6.59. The van der Waals surface area contributed by atoms with Gasteiger partial charge in [0.15, 0.2) is 0 Å². The third kappa shape index (κ3) is 3.18. The van der Waals surface area contributed by atoms with Crippen LogP contribution in [0, 0.1) is 6.92 Å². The Labute approximate surface area is 147 Å². The van der Waals surface area contributed by atoms with E-state index in [0.717, 1.165) is 11.3 Å². The van der Waals surface area contributed by atoms with E-state index in [0.29, 0.717) is 22.1 Å². The van der Waals surface area contributed by atoms with E-state index in [1.807, 2.05) is 29.1 Å². The molecule has 0 saturated heterocycles. The summed E-state index contributed by atoms with van der Waals surface area (Å²) in [5.41, 5.74) is 0.875. The molecule has 0 aromatic carbocycles. The molecule has 0 bridgehead atoms. The van der Waals surface area contributed by atoms with E-state index in [2.05, 4.69) is 15.4 Å². The van der Waals surface area contributed by atoms with Crippen molar-refractivity contribution < 1.29 is 14.7 Å². The second-order valence-electron chi connectivity index (χ2n) is 5.56. The number of aromatic carboxylic acids is 1. The van der Waals surface area contributed by atoms with E-state index in [4.69, 9.17) is 5.11 Å². The zero-order valence-corrected chi connectivity index (χ0v) is 14.7. The topological polar surface area (TPSA) is 102 Å². The number of aryl methyl sites for hydroxylation is 2. The molecule has 25 heavy (non-hydrogen) atoms. The summed E-state index contributed by atoms with van der Waals surface area (Å²) < 4.78 is 3.43. The molecule has 2 N–H and O–H groups in total. The maximum atomic E-state index is 12.7. The monoisotopic (exact) mass is 359 g/mol. The van der Waals surface area contributed by atoms with E-state index >= 15 is 0 Å². The minimum Gasteiger partial charge on any atom is -0.477 e. The van der Waals surface area contributed by atoms with E-state index in [9.17, 15) is 9.59 Å². The van der Waals surface area contributed by atoms with Gasteiger partial charge in [0.05, 0.1) is 17.9 Å². The molecule has 3 aromatic rings. The van der Waals surface area contributed by atoms with Crippen molar-refractivity contribution in [1.82, 2.24) is 24.6 Å². The third-order valence-corrected chi connectivity index (χ3v) is 5.05. The Kier molecular flexibility index (Phi) is 4.41. The maximum absolute atomic E-state index is 12.7. The molecule has 0 aliphatic heterocycles. The lowest BCUT2D eigenvalue weighted by Crippen LogP contribution is -2.27. The molecule has 1 amide bonds. The number of hydrogen-bond donors (Lipinski definition) is 2. The normalized spacial score (nSPS) is 12.1. The maximum Gasteiger partial charge on any atom is 0.347 e. The van der Waals surface area contributed by atoms with Crippen molar-refractivity contribution in [1.29, 1.82) is 0 Å². The van der Waals surface area contributed by atoms with Gasteiger partial charge in [0.1, 0.15) is 21.3 Å². The van der Waals surface area contributed by atoms with Crippen molar-refractivity contribution >= 4 is 23.2 Å². The van der Waals surface area contributed by atoms with Gasteiger partial charge in [-0.2, -0.15) is 5.10 Å². The quantitative estimate of drug-likeness (QED) is 0.727. The Bertz CT molecular complexity index is 926. The Hall–Kier alpha value is -2.94. The number of nitrogens with one attached hydrogen (secondary N) is 1. The SMILES string of the molecule is Cc1nc(C(C)NC(=O)c2cnn(C)c2-n2cccc2)sc1C(=O)O. The minimum atomic E-state index is -1.01. The van der Waals surface area contributed by atoms with Gasteiger partial charge in [0.25, 0.3) is 5.91 Å². The zero-order chi connectivity index (χ0) is 18.1. The molecular weight excluding hydrogens is 342 g/mol. The van der Waals surface area contributed by atoms with Crippen LogP contribution in [-0.2, 0) is 7.05 Å². The lowest BCUT2D eigenvalue weighted by molar-refractivity contribution is 0.0701. The average Bonchev–Trinajstić information content (AvgIpc) is 3.25. The molecule has 0 fully saturated rings. The molecule has 1 atom stereocenters. The second kappa shape index (κ2) is 6.52. The van der Waals surface area contributed by atoms with Gasteiger partial charge in [0, 0.05) is 19.4 Å². The number of carbonyl (C=O) groups excluding carboxylic acids is 1. The highest BCUT2D eigenvalue weighted by Crippen LogP contribution is 2.24. The number of carbonyl (C=O) groups is 2. The van der Waals surface area contributed by atoms with Crippen LogP contribution >= 0.6 is 11.3 Å². The van der Waals surface area contributed by atoms with Crippen LogP contribution in [0.2, 0.25) is 0 Å². The molecule has 9 heteroatoms. The van der Waals surface area contributed by atoms with E-state index in [-0.39, 0.29) is 10.8 Å². The molecule has 8 nitrogen and oxygen atoms in total. The molecule has 3 aromatic heterocycles. The Morgan fingerprint density at radius 3 is 2.60 bits per heavy atom. The summed E-state index contributed by atoms with van der Waals surface area (Å²) in [5, 5.41) is 16.7. The molecular formula is C16H17N5O3S. The first kappa shape index (κ1) is 16.9. The van der Waals surface area contributed by atoms with Crippen molar-refractivity contribution in [2.75, 3.05) is 0 Å². The first-order valence-electron chi connectivity index (χ1n) is 7.55. The number of nitrogens with zero attached hydrogens (tertiary/aromatic N) is 4. The smallest absolute Gasteiger partial charge is 0.347 e. The summed E-state index contributed by atoms with van der Waals surface area (Å²) in [5.74, 6) is -0.660. The predicted molar refractivity (Wildman–Crippen MR) is 92.2 cm³/mol. The van der Waals surface area contributed by atoms with Gasteiger partial charge in [-0.1, -0.05) is 0 Å². The first-order valence-corrected chi connectivity index (χ1v) is 8.37. The van der Waals surface area contributed by atoms with Crippen LogP contribution in [0.15, 0.2) is 30.7 Å². The number of aromatic nitrogens is 4. The molecule has 0 radical (unpaired) electrons. The molecule has 1 unspecified atom stereocenters. The Balaban J connectivity index is 1.84. The fourth-order valence-corrected chi connectivity index (χ4v) is 3.42. The van der Waals surface area contributed by atoms with E-state index < -0.39 is 12.0 Å². The van der Waals surface area contributed by atoms with Crippen molar-refractivity contribution in [2.45, 2.75) is 19.9 Å². The van der Waals surface area contributed by atoms with Crippen molar-refractivity contribution in [3.05, 3.63) is 51.9 Å². The highest BCUT2D eigenvalue weighted by atomic mass is 32.1. The molecule has 130 valence electrons.